The van der Waals surface area contributed by atoms with Crippen molar-refractivity contribution < 1.29 is 9.47 Å². The molecule has 0 spiro atoms. The van der Waals surface area contributed by atoms with Crippen molar-refractivity contribution in [3.63, 3.8) is 0 Å². The average Bonchev–Trinajstić information content (AvgIpc) is 2.27. The Morgan fingerprint density at radius 1 is 1.60 bits per heavy atom. The second-order valence-electron chi connectivity index (χ2n) is 2.61. The van der Waals surface area contributed by atoms with Crippen LogP contribution < -0.4 is 5.32 Å². The molecular formula is C7H11NO2. The molecule has 2 aliphatic heterocycles. The van der Waals surface area contributed by atoms with Gasteiger partial charge in [-0.05, 0) is 6.92 Å². The van der Waals surface area contributed by atoms with Crippen molar-refractivity contribution >= 4 is 0 Å². The van der Waals surface area contributed by atoms with Crippen LogP contribution >= 0.6 is 0 Å². The van der Waals surface area contributed by atoms with E-state index in [1.807, 2.05) is 6.92 Å². The molecule has 10 heavy (non-hydrogen) atoms. The van der Waals surface area contributed by atoms with Crippen LogP contribution in [0.1, 0.15) is 13.3 Å². The zero-order valence-corrected chi connectivity index (χ0v) is 6.02. The molecule has 0 amide bonds. The molecule has 0 aromatic heterocycles. The van der Waals surface area contributed by atoms with Gasteiger partial charge in [0.1, 0.15) is 12.4 Å². The summed E-state index contributed by atoms with van der Waals surface area (Å²) in [6.45, 7) is 3.47. The fourth-order valence-electron chi connectivity index (χ4n) is 1.31. The molecule has 2 heterocycles. The van der Waals surface area contributed by atoms with Gasteiger partial charge in [0, 0.05) is 6.42 Å². The van der Waals surface area contributed by atoms with Crippen molar-refractivity contribution in [3.05, 3.63) is 11.5 Å². The zero-order valence-electron chi connectivity index (χ0n) is 6.02. The quantitative estimate of drug-likeness (QED) is 0.535. The molecule has 0 aliphatic carbocycles. The van der Waals surface area contributed by atoms with Gasteiger partial charge in [-0.3, -0.25) is 0 Å². The maximum atomic E-state index is 5.41. The van der Waals surface area contributed by atoms with Crippen LogP contribution in [0.3, 0.4) is 0 Å². The number of rotatable bonds is 0. The van der Waals surface area contributed by atoms with Crippen molar-refractivity contribution in [3.8, 4) is 0 Å². The second-order valence-corrected chi connectivity index (χ2v) is 2.61. The first-order valence-corrected chi connectivity index (χ1v) is 3.59. The molecule has 0 aromatic carbocycles. The molecule has 1 unspecified atom stereocenters. The lowest BCUT2D eigenvalue weighted by molar-refractivity contribution is 0.0757. The van der Waals surface area contributed by atoms with E-state index in [9.17, 15) is 0 Å². The van der Waals surface area contributed by atoms with Crippen LogP contribution in [0, 0.1) is 0 Å². The van der Waals surface area contributed by atoms with E-state index in [2.05, 4.69) is 5.32 Å². The minimum atomic E-state index is 0.145. The number of hydrogen-bond donors (Lipinski definition) is 1. The van der Waals surface area contributed by atoms with Gasteiger partial charge in [-0.15, -0.1) is 0 Å². The normalized spacial score (nSPS) is 31.1. The molecule has 1 N–H and O–H groups in total. The van der Waals surface area contributed by atoms with Gasteiger partial charge in [-0.1, -0.05) is 0 Å². The summed E-state index contributed by atoms with van der Waals surface area (Å²) in [6.07, 6.45) is 1.12. The molecule has 0 aromatic rings. The summed E-state index contributed by atoms with van der Waals surface area (Å²) >= 11 is 0. The Labute approximate surface area is 60.0 Å². The molecule has 56 valence electrons. The highest BCUT2D eigenvalue weighted by Crippen LogP contribution is 2.21. The highest BCUT2D eigenvalue weighted by atomic mass is 16.5. The summed E-state index contributed by atoms with van der Waals surface area (Å²) in [4.78, 5) is 0. The minimum Gasteiger partial charge on any atom is -0.471 e. The molecule has 0 bridgehead atoms. The molecular weight excluding hydrogens is 130 g/mol. The van der Waals surface area contributed by atoms with Crippen molar-refractivity contribution in [1.82, 2.24) is 5.32 Å². The van der Waals surface area contributed by atoms with Gasteiger partial charge in [0.15, 0.2) is 6.23 Å². The molecule has 3 heteroatoms. The molecule has 2 aliphatic rings. The van der Waals surface area contributed by atoms with Crippen LogP contribution in [0.2, 0.25) is 0 Å². The van der Waals surface area contributed by atoms with E-state index >= 15 is 0 Å². The third kappa shape index (κ3) is 0.865. The van der Waals surface area contributed by atoms with Crippen molar-refractivity contribution in [2.75, 3.05) is 13.2 Å². The highest BCUT2D eigenvalue weighted by molar-refractivity contribution is 5.14. The van der Waals surface area contributed by atoms with E-state index in [4.69, 9.17) is 9.47 Å². The summed E-state index contributed by atoms with van der Waals surface area (Å²) in [6, 6.07) is 0. The molecule has 0 saturated carbocycles. The molecule has 1 atom stereocenters. The van der Waals surface area contributed by atoms with Gasteiger partial charge in [-0.2, -0.15) is 0 Å². The first kappa shape index (κ1) is 6.04. The fraction of sp³-hybridized carbons (Fsp3) is 0.714. The van der Waals surface area contributed by atoms with E-state index in [1.54, 1.807) is 0 Å². The molecule has 3 nitrogen and oxygen atoms in total. The summed E-state index contributed by atoms with van der Waals surface area (Å²) in [7, 11) is 0. The van der Waals surface area contributed by atoms with Crippen LogP contribution in [0.25, 0.3) is 0 Å². The zero-order chi connectivity index (χ0) is 6.97. The predicted molar refractivity (Wildman–Crippen MR) is 36.1 cm³/mol. The van der Waals surface area contributed by atoms with Crippen molar-refractivity contribution in [2.24, 2.45) is 0 Å². The maximum absolute atomic E-state index is 5.41. The van der Waals surface area contributed by atoms with Crippen LogP contribution in [-0.2, 0) is 9.47 Å². The standard InChI is InChI=1S/C7H11NO2/c1-5-8-6-2-3-9-4-7(6)10-5/h5,8H,2-4H2,1H3. The Kier molecular flexibility index (Phi) is 1.31. The number of hydrogen-bond acceptors (Lipinski definition) is 3. The van der Waals surface area contributed by atoms with E-state index in [1.165, 1.54) is 5.70 Å². The van der Waals surface area contributed by atoms with E-state index in [-0.39, 0.29) is 6.23 Å². The lowest BCUT2D eigenvalue weighted by Gasteiger charge is -2.11. The number of nitrogens with one attached hydrogen (secondary N) is 1. The smallest absolute Gasteiger partial charge is 0.166 e. The Morgan fingerprint density at radius 2 is 2.50 bits per heavy atom. The third-order valence-corrected chi connectivity index (χ3v) is 1.76. The monoisotopic (exact) mass is 141 g/mol. The lowest BCUT2D eigenvalue weighted by Crippen LogP contribution is -2.20. The Hall–Kier alpha value is -0.700. The van der Waals surface area contributed by atoms with Gasteiger partial charge in [-0.25, -0.2) is 0 Å². The van der Waals surface area contributed by atoms with Crippen molar-refractivity contribution in [2.45, 2.75) is 19.6 Å². The first-order chi connectivity index (χ1) is 4.86. The van der Waals surface area contributed by atoms with Gasteiger partial charge in [0.25, 0.3) is 0 Å². The fourth-order valence-corrected chi connectivity index (χ4v) is 1.31. The van der Waals surface area contributed by atoms with Crippen molar-refractivity contribution in [1.29, 1.82) is 0 Å². The van der Waals surface area contributed by atoms with Gasteiger partial charge in [0.2, 0.25) is 0 Å². The van der Waals surface area contributed by atoms with E-state index in [0.717, 1.165) is 18.8 Å². The summed E-state index contributed by atoms with van der Waals surface area (Å²) in [5, 5.41) is 3.23. The Bertz CT molecular complexity index is 158. The first-order valence-electron chi connectivity index (χ1n) is 3.59. The van der Waals surface area contributed by atoms with Gasteiger partial charge >= 0.3 is 0 Å². The minimum absolute atomic E-state index is 0.145. The van der Waals surface area contributed by atoms with E-state index in [0.29, 0.717) is 6.61 Å². The summed E-state index contributed by atoms with van der Waals surface area (Å²) in [5.41, 5.74) is 1.23. The predicted octanol–water partition coefficient (Wildman–Crippen LogP) is 0.584. The van der Waals surface area contributed by atoms with Crippen LogP contribution in [0.5, 0.6) is 0 Å². The average molecular weight is 141 g/mol. The molecule has 0 fully saturated rings. The topological polar surface area (TPSA) is 30.5 Å². The van der Waals surface area contributed by atoms with Crippen LogP contribution in [0.15, 0.2) is 11.5 Å². The SMILES string of the molecule is CC1NC2=C(COCC2)O1. The van der Waals surface area contributed by atoms with E-state index < -0.39 is 0 Å². The molecule has 2 rings (SSSR count). The molecule has 0 saturated heterocycles. The summed E-state index contributed by atoms with van der Waals surface area (Å²) in [5.74, 6) is 0.999. The summed E-state index contributed by atoms with van der Waals surface area (Å²) < 4.78 is 10.6. The van der Waals surface area contributed by atoms with Crippen LogP contribution in [0.4, 0.5) is 0 Å². The maximum Gasteiger partial charge on any atom is 0.166 e. The molecule has 0 radical (unpaired) electrons. The van der Waals surface area contributed by atoms with Crippen LogP contribution in [-0.4, -0.2) is 19.4 Å². The van der Waals surface area contributed by atoms with Gasteiger partial charge < -0.3 is 14.8 Å². The largest absolute Gasteiger partial charge is 0.471 e. The Morgan fingerprint density at radius 3 is 3.30 bits per heavy atom. The number of ether oxygens (including phenoxy) is 2. The van der Waals surface area contributed by atoms with Gasteiger partial charge in [0.05, 0.1) is 12.3 Å². The second kappa shape index (κ2) is 2.16. The lowest BCUT2D eigenvalue weighted by atomic mass is 10.2. The third-order valence-electron chi connectivity index (χ3n) is 1.76. The Balaban J connectivity index is 2.13. The highest BCUT2D eigenvalue weighted by Gasteiger charge is 2.23.